The Balaban J connectivity index is 1.73. The molecule has 0 spiro atoms. The third-order valence-electron chi connectivity index (χ3n) is 6.19. The fourth-order valence-electron chi connectivity index (χ4n) is 4.27. The number of ether oxygens (including phenoxy) is 1. The van der Waals surface area contributed by atoms with Crippen LogP contribution in [-0.4, -0.2) is 31.5 Å². The van der Waals surface area contributed by atoms with E-state index < -0.39 is 0 Å². The van der Waals surface area contributed by atoms with Gasteiger partial charge in [0.25, 0.3) is 0 Å². The Morgan fingerprint density at radius 2 is 1.66 bits per heavy atom. The van der Waals surface area contributed by atoms with E-state index in [0.29, 0.717) is 17.4 Å². The summed E-state index contributed by atoms with van der Waals surface area (Å²) in [5, 5.41) is 3.40. The van der Waals surface area contributed by atoms with Crippen molar-refractivity contribution >= 4 is 6.29 Å². The van der Waals surface area contributed by atoms with Crippen molar-refractivity contribution in [1.82, 2.24) is 10.3 Å². The molecule has 0 bridgehead atoms. The SMILES string of the molecule is COc1nc(-c2cccc(-c3cccc(C#CC4CCNCC4)c3C)c2C)ccc1C=O. The highest BCUT2D eigenvalue weighted by Crippen LogP contribution is 2.34. The molecule has 162 valence electrons. The van der Waals surface area contributed by atoms with E-state index in [1.54, 1.807) is 6.07 Å². The Hall–Kier alpha value is -3.42. The number of nitrogens with zero attached hydrogens (tertiary/aromatic N) is 1. The Bertz CT molecular complexity index is 1200. The van der Waals surface area contributed by atoms with E-state index in [4.69, 9.17) is 4.74 Å². The van der Waals surface area contributed by atoms with Crippen LogP contribution in [0.4, 0.5) is 0 Å². The van der Waals surface area contributed by atoms with Gasteiger partial charge in [0.1, 0.15) is 0 Å². The molecule has 2 heterocycles. The molecule has 1 saturated heterocycles. The first kappa shape index (κ1) is 21.8. The van der Waals surface area contributed by atoms with Crippen LogP contribution in [0.25, 0.3) is 22.4 Å². The summed E-state index contributed by atoms with van der Waals surface area (Å²) in [6.07, 6.45) is 3.00. The van der Waals surface area contributed by atoms with Gasteiger partial charge in [0, 0.05) is 17.0 Å². The molecule has 0 saturated carbocycles. The summed E-state index contributed by atoms with van der Waals surface area (Å²) in [4.78, 5) is 15.8. The van der Waals surface area contributed by atoms with Gasteiger partial charge in [-0.2, -0.15) is 0 Å². The summed E-state index contributed by atoms with van der Waals surface area (Å²) in [5.41, 5.74) is 7.99. The van der Waals surface area contributed by atoms with Gasteiger partial charge in [-0.05, 0) is 80.2 Å². The highest BCUT2D eigenvalue weighted by atomic mass is 16.5. The fourth-order valence-corrected chi connectivity index (χ4v) is 4.27. The lowest BCUT2D eigenvalue weighted by atomic mass is 9.90. The first-order chi connectivity index (χ1) is 15.6. The predicted molar refractivity (Wildman–Crippen MR) is 129 cm³/mol. The average molecular weight is 425 g/mol. The van der Waals surface area contributed by atoms with Gasteiger partial charge in [-0.15, -0.1) is 0 Å². The highest BCUT2D eigenvalue weighted by Gasteiger charge is 2.14. The largest absolute Gasteiger partial charge is 0.480 e. The van der Waals surface area contributed by atoms with E-state index in [1.807, 2.05) is 12.1 Å². The number of aromatic nitrogens is 1. The van der Waals surface area contributed by atoms with Crippen LogP contribution in [0.1, 0.15) is 39.9 Å². The second-order valence-corrected chi connectivity index (χ2v) is 8.16. The van der Waals surface area contributed by atoms with Crippen LogP contribution < -0.4 is 10.1 Å². The Kier molecular flexibility index (Phi) is 6.68. The number of rotatable bonds is 4. The van der Waals surface area contributed by atoms with E-state index in [-0.39, 0.29) is 0 Å². The Morgan fingerprint density at radius 3 is 2.38 bits per heavy atom. The van der Waals surface area contributed by atoms with Gasteiger partial charge in [-0.3, -0.25) is 4.79 Å². The average Bonchev–Trinajstić information content (AvgIpc) is 2.84. The standard InChI is InChI=1S/C28H28N2O2/c1-19-22(11-10-21-14-16-29-17-15-21)6-4-7-24(19)25-8-5-9-26(20(25)2)27-13-12-23(18-31)28(30-27)32-3/h4-9,12-13,18,21,29H,14-17H2,1-3H3. The lowest BCUT2D eigenvalue weighted by Gasteiger charge is -2.17. The number of nitrogens with one attached hydrogen (secondary N) is 1. The van der Waals surface area contributed by atoms with E-state index >= 15 is 0 Å². The van der Waals surface area contributed by atoms with Crippen LogP contribution in [-0.2, 0) is 0 Å². The monoisotopic (exact) mass is 424 g/mol. The van der Waals surface area contributed by atoms with Crippen molar-refractivity contribution in [1.29, 1.82) is 0 Å². The zero-order valence-electron chi connectivity index (χ0n) is 18.9. The van der Waals surface area contributed by atoms with Gasteiger partial charge in [0.2, 0.25) is 5.88 Å². The quantitative estimate of drug-likeness (QED) is 0.462. The van der Waals surface area contributed by atoms with E-state index in [1.165, 1.54) is 18.2 Å². The van der Waals surface area contributed by atoms with Crippen LogP contribution in [0.5, 0.6) is 5.88 Å². The van der Waals surface area contributed by atoms with Crippen LogP contribution in [0.2, 0.25) is 0 Å². The maximum atomic E-state index is 11.2. The van der Waals surface area contributed by atoms with E-state index in [2.05, 4.69) is 66.3 Å². The van der Waals surface area contributed by atoms with Gasteiger partial charge in [0.05, 0.1) is 18.4 Å². The molecule has 0 amide bonds. The number of piperidine rings is 1. The number of methoxy groups -OCH3 is 1. The molecule has 0 aliphatic carbocycles. The minimum Gasteiger partial charge on any atom is -0.480 e. The minimum atomic E-state index is 0.341. The normalized spacial score (nSPS) is 13.8. The number of hydrogen-bond donors (Lipinski definition) is 1. The number of pyridine rings is 1. The highest BCUT2D eigenvalue weighted by molar-refractivity contribution is 5.82. The summed E-state index contributed by atoms with van der Waals surface area (Å²) < 4.78 is 5.30. The van der Waals surface area contributed by atoms with E-state index in [0.717, 1.165) is 60.2 Å². The fraction of sp³-hybridized carbons (Fsp3) is 0.286. The summed E-state index contributed by atoms with van der Waals surface area (Å²) in [5.74, 6) is 7.75. The molecular weight excluding hydrogens is 396 g/mol. The maximum Gasteiger partial charge on any atom is 0.224 e. The first-order valence-corrected chi connectivity index (χ1v) is 11.0. The molecular formula is C28H28N2O2. The van der Waals surface area contributed by atoms with Gasteiger partial charge in [0.15, 0.2) is 6.29 Å². The molecule has 4 nitrogen and oxygen atoms in total. The number of benzene rings is 2. The predicted octanol–water partition coefficient (Wildman–Crippen LogP) is 5.20. The maximum absolute atomic E-state index is 11.2. The van der Waals surface area contributed by atoms with Crippen molar-refractivity contribution in [3.8, 4) is 40.1 Å². The van der Waals surface area contributed by atoms with Gasteiger partial charge >= 0.3 is 0 Å². The topological polar surface area (TPSA) is 51.2 Å². The summed E-state index contributed by atoms with van der Waals surface area (Å²) in [6.45, 7) is 6.36. The molecule has 32 heavy (non-hydrogen) atoms. The molecule has 0 unspecified atom stereocenters. The molecule has 1 fully saturated rings. The van der Waals surface area contributed by atoms with Crippen LogP contribution >= 0.6 is 0 Å². The molecule has 4 rings (SSSR count). The number of hydrogen-bond acceptors (Lipinski definition) is 4. The molecule has 0 radical (unpaired) electrons. The van der Waals surface area contributed by atoms with Crippen LogP contribution in [0.3, 0.4) is 0 Å². The van der Waals surface area contributed by atoms with Crippen molar-refractivity contribution in [2.24, 2.45) is 5.92 Å². The zero-order chi connectivity index (χ0) is 22.5. The third kappa shape index (κ3) is 4.44. The van der Waals surface area contributed by atoms with Crippen LogP contribution in [0, 0.1) is 31.6 Å². The number of aldehydes is 1. The third-order valence-corrected chi connectivity index (χ3v) is 6.19. The van der Waals surface area contributed by atoms with Crippen molar-refractivity contribution in [2.75, 3.05) is 20.2 Å². The number of carbonyl (C=O) groups excluding carboxylic acids is 1. The van der Waals surface area contributed by atoms with Gasteiger partial charge in [-0.1, -0.05) is 42.2 Å². The molecule has 0 atom stereocenters. The summed E-state index contributed by atoms with van der Waals surface area (Å²) in [7, 11) is 1.53. The molecule has 1 aromatic heterocycles. The molecule has 1 aliphatic heterocycles. The molecule has 1 aliphatic rings. The molecule has 4 heteroatoms. The molecule has 3 aromatic rings. The van der Waals surface area contributed by atoms with Crippen molar-refractivity contribution < 1.29 is 9.53 Å². The van der Waals surface area contributed by atoms with Gasteiger partial charge < -0.3 is 10.1 Å². The van der Waals surface area contributed by atoms with Crippen molar-refractivity contribution in [2.45, 2.75) is 26.7 Å². The lowest BCUT2D eigenvalue weighted by Crippen LogP contribution is -2.26. The summed E-state index contributed by atoms with van der Waals surface area (Å²) in [6, 6.07) is 16.2. The second-order valence-electron chi connectivity index (χ2n) is 8.16. The first-order valence-electron chi connectivity index (χ1n) is 11.0. The van der Waals surface area contributed by atoms with Gasteiger partial charge in [-0.25, -0.2) is 4.98 Å². The second kappa shape index (κ2) is 9.80. The molecule has 2 aromatic carbocycles. The Labute approximate surface area is 190 Å². The van der Waals surface area contributed by atoms with E-state index in [9.17, 15) is 4.79 Å². The molecule has 1 N–H and O–H groups in total. The number of carbonyl (C=O) groups is 1. The van der Waals surface area contributed by atoms with Crippen molar-refractivity contribution in [3.63, 3.8) is 0 Å². The summed E-state index contributed by atoms with van der Waals surface area (Å²) >= 11 is 0. The smallest absolute Gasteiger partial charge is 0.224 e. The lowest BCUT2D eigenvalue weighted by molar-refractivity contribution is 0.112. The minimum absolute atomic E-state index is 0.341. The Morgan fingerprint density at radius 1 is 0.969 bits per heavy atom. The van der Waals surface area contributed by atoms with Crippen molar-refractivity contribution in [3.05, 3.63) is 70.8 Å². The zero-order valence-corrected chi connectivity index (χ0v) is 18.9. The van der Waals surface area contributed by atoms with Crippen LogP contribution in [0.15, 0.2) is 48.5 Å².